The van der Waals surface area contributed by atoms with Crippen molar-refractivity contribution in [1.82, 2.24) is 19.9 Å². The Labute approximate surface area is 286 Å². The molecule has 6 aromatic rings. The molecule has 8 nitrogen and oxygen atoms in total. The molecule has 0 saturated heterocycles. The van der Waals surface area contributed by atoms with Crippen LogP contribution in [-0.2, 0) is 0 Å². The van der Waals surface area contributed by atoms with Gasteiger partial charge in [0, 0.05) is 46.5 Å². The molecule has 4 aromatic carbocycles. The summed E-state index contributed by atoms with van der Waals surface area (Å²) in [5.41, 5.74) is -6.23. The van der Waals surface area contributed by atoms with Crippen LogP contribution in [0.25, 0.3) is 45.0 Å². The molecule has 0 bridgehead atoms. The highest BCUT2D eigenvalue weighted by Gasteiger charge is 2.37. The zero-order valence-electron chi connectivity index (χ0n) is 25.5. The van der Waals surface area contributed by atoms with Crippen LogP contribution >= 0.6 is 0 Å². The second-order valence-electron chi connectivity index (χ2n) is 10.9. The fourth-order valence-electron chi connectivity index (χ4n) is 5.54. The molecule has 1 aliphatic carbocycles. The minimum absolute atomic E-state index is 0.423. The first-order chi connectivity index (χ1) is 25.0. The number of aromatic nitrogens is 4. The molecule has 0 fully saturated rings. The Hall–Kier alpha value is -7.20. The molecule has 0 amide bonds. The lowest BCUT2D eigenvalue weighted by Gasteiger charge is -2.23. The fourth-order valence-corrected chi connectivity index (χ4v) is 5.54. The van der Waals surface area contributed by atoms with Gasteiger partial charge in [-0.2, -0.15) is 20.5 Å². The normalized spacial score (nSPS) is 11.7. The number of benzene rings is 4. The predicted molar refractivity (Wildman–Crippen MR) is 168 cm³/mol. The number of hydrogen-bond donors (Lipinski definition) is 0. The van der Waals surface area contributed by atoms with Crippen LogP contribution in [0.15, 0.2) is 82.8 Å². The van der Waals surface area contributed by atoms with E-state index in [1.54, 1.807) is 12.4 Å². The summed E-state index contributed by atoms with van der Waals surface area (Å²) in [4.78, 5) is 25.3. The maximum Gasteiger partial charge on any atom is 0.206 e. The number of rotatable bonds is 4. The summed E-state index contributed by atoms with van der Waals surface area (Å²) in [5.74, 6) is -8.63. The van der Waals surface area contributed by atoms with Crippen molar-refractivity contribution in [3.05, 3.63) is 142 Å². The summed E-state index contributed by atoms with van der Waals surface area (Å²) in [6, 6.07) is 9.38. The third kappa shape index (κ3) is 5.67. The first-order valence-corrected chi connectivity index (χ1v) is 14.6. The van der Waals surface area contributed by atoms with Crippen molar-refractivity contribution >= 4 is 11.4 Å². The first-order valence-electron chi connectivity index (χ1n) is 14.6. The molecule has 0 unspecified atom stereocenters. The molecule has 1 aliphatic rings. The Kier molecular flexibility index (Phi) is 8.28. The lowest BCUT2D eigenvalue weighted by atomic mass is 9.92. The van der Waals surface area contributed by atoms with Gasteiger partial charge in [0.25, 0.3) is 0 Å². The molecule has 16 heteroatoms. The van der Waals surface area contributed by atoms with Gasteiger partial charge < -0.3 is 0 Å². The van der Waals surface area contributed by atoms with Gasteiger partial charge in [0.15, 0.2) is 0 Å². The highest BCUT2D eigenvalue weighted by Crippen LogP contribution is 2.39. The van der Waals surface area contributed by atoms with Crippen molar-refractivity contribution in [2.24, 2.45) is 9.98 Å². The summed E-state index contributed by atoms with van der Waals surface area (Å²) in [6.45, 7) is 0. The van der Waals surface area contributed by atoms with Crippen LogP contribution in [0, 0.1) is 69.4 Å². The van der Waals surface area contributed by atoms with E-state index in [9.17, 15) is 28.1 Å². The van der Waals surface area contributed by atoms with E-state index in [4.69, 9.17) is 0 Å². The molecule has 7 rings (SSSR count). The van der Waals surface area contributed by atoms with E-state index in [1.165, 1.54) is 0 Å². The molecule has 0 saturated carbocycles. The van der Waals surface area contributed by atoms with E-state index in [2.05, 4.69) is 29.9 Å². The largest absolute Gasteiger partial charge is 0.241 e. The molecule has 0 spiro atoms. The molecule has 0 N–H and O–H groups in total. The minimum atomic E-state index is -1.18. The summed E-state index contributed by atoms with van der Waals surface area (Å²) < 4.78 is 117. The second kappa shape index (κ2) is 12.9. The molecule has 252 valence electrons. The van der Waals surface area contributed by atoms with Gasteiger partial charge in [0.1, 0.15) is 104 Å². The van der Waals surface area contributed by atoms with E-state index in [-0.39, 0.29) is 0 Å². The smallest absolute Gasteiger partial charge is 0.206 e. The Morgan fingerprint density at radius 1 is 0.365 bits per heavy atom. The van der Waals surface area contributed by atoms with E-state index in [1.807, 2.05) is 0 Å². The fraction of sp³-hybridized carbons (Fsp3) is 0. The summed E-state index contributed by atoms with van der Waals surface area (Å²) in [5, 5.41) is 19.5. The topological polar surface area (TPSA) is 124 Å². The second-order valence-corrected chi connectivity index (χ2v) is 10.9. The Morgan fingerprint density at radius 3 is 0.788 bits per heavy atom. The van der Waals surface area contributed by atoms with Gasteiger partial charge in [0.2, 0.25) is 12.4 Å². The average Bonchev–Trinajstić information content (AvgIpc) is 3.09. The standard InChI is InChI=1S/C36H12F8N8/c37-15-1-5-19(23(41)9-15)27-28(20-6-2-16(38)10-24(20)42)50-34-32(48-14-46)36-35(31(47-13-45)33(34)49-27)51-29(21-7-3-17(39)11-25(21)43)30(52-36)22-8-4-18(40)12-26(22)44/h1-12H. The van der Waals surface area contributed by atoms with Gasteiger partial charge in [-0.05, 0) is 48.5 Å². The van der Waals surface area contributed by atoms with Crippen LogP contribution in [0.2, 0.25) is 0 Å². The van der Waals surface area contributed by atoms with Crippen molar-refractivity contribution in [3.63, 3.8) is 0 Å². The van der Waals surface area contributed by atoms with Gasteiger partial charge in [-0.15, -0.1) is 0 Å². The Bertz CT molecular complexity index is 2320. The predicted octanol–water partition coefficient (Wildman–Crippen LogP) is 8.00. The molecule has 2 aromatic heterocycles. The van der Waals surface area contributed by atoms with Crippen molar-refractivity contribution in [2.45, 2.75) is 0 Å². The molecule has 2 heterocycles. The Balaban J connectivity index is 1.61. The third-order valence-corrected chi connectivity index (χ3v) is 7.76. The van der Waals surface area contributed by atoms with E-state index in [0.29, 0.717) is 24.3 Å². The quantitative estimate of drug-likeness (QED) is 0.135. The van der Waals surface area contributed by atoms with Crippen LogP contribution in [0.4, 0.5) is 35.1 Å². The van der Waals surface area contributed by atoms with E-state index >= 15 is 17.6 Å². The van der Waals surface area contributed by atoms with Gasteiger partial charge >= 0.3 is 0 Å². The summed E-state index contributed by atoms with van der Waals surface area (Å²) in [7, 11) is 0. The van der Waals surface area contributed by atoms with Crippen molar-refractivity contribution < 1.29 is 35.1 Å². The van der Waals surface area contributed by atoms with Crippen LogP contribution in [0.3, 0.4) is 0 Å². The van der Waals surface area contributed by atoms with Crippen molar-refractivity contribution in [1.29, 1.82) is 10.5 Å². The molecule has 0 aliphatic heterocycles. The molecular weight excluding hydrogens is 696 g/mol. The first kappa shape index (κ1) is 33.3. The lowest BCUT2D eigenvalue weighted by Crippen LogP contribution is -2.29. The van der Waals surface area contributed by atoms with Gasteiger partial charge in [-0.3, -0.25) is 0 Å². The summed E-state index contributed by atoms with van der Waals surface area (Å²) in [6.07, 6.45) is 3.08. The van der Waals surface area contributed by atoms with Crippen LogP contribution in [0.1, 0.15) is 22.8 Å². The SMILES string of the molecule is N#CN=C1c2nc(-c3ccc(F)cc3F)c(-c3ccc(F)cc3F)nc2C(=NC#N)c2nc(-c3ccc(F)cc3F)c(-c3ccc(F)cc3F)nc21. The molecule has 0 atom stereocenters. The van der Waals surface area contributed by atoms with Crippen LogP contribution < -0.4 is 0 Å². The van der Waals surface area contributed by atoms with Crippen LogP contribution in [0.5, 0.6) is 0 Å². The molecule has 52 heavy (non-hydrogen) atoms. The highest BCUT2D eigenvalue weighted by atomic mass is 19.2. The number of halogens is 8. The van der Waals surface area contributed by atoms with Crippen molar-refractivity contribution in [2.75, 3.05) is 0 Å². The van der Waals surface area contributed by atoms with E-state index in [0.717, 1.165) is 48.5 Å². The van der Waals surface area contributed by atoms with E-state index < -0.39 is 126 Å². The van der Waals surface area contributed by atoms with Gasteiger partial charge in [-0.25, -0.2) is 55.1 Å². The van der Waals surface area contributed by atoms with Gasteiger partial charge in [0.05, 0.1) is 0 Å². The number of nitriles is 2. The molecular formula is C36H12F8N8. The third-order valence-electron chi connectivity index (χ3n) is 7.76. The van der Waals surface area contributed by atoms with Crippen LogP contribution in [-0.4, -0.2) is 31.4 Å². The molecule has 0 radical (unpaired) electrons. The maximum absolute atomic E-state index is 15.3. The van der Waals surface area contributed by atoms with Gasteiger partial charge in [-0.1, -0.05) is 0 Å². The monoisotopic (exact) mass is 708 g/mol. The number of nitrogens with zero attached hydrogens (tertiary/aromatic N) is 8. The maximum atomic E-state index is 15.3. The van der Waals surface area contributed by atoms with Crippen molar-refractivity contribution in [3.8, 4) is 57.4 Å². The Morgan fingerprint density at radius 2 is 0.596 bits per heavy atom. The zero-order chi connectivity index (χ0) is 36.8. The zero-order valence-corrected chi connectivity index (χ0v) is 25.5. The lowest BCUT2D eigenvalue weighted by molar-refractivity contribution is 0.583. The minimum Gasteiger partial charge on any atom is -0.241 e. The number of hydrogen-bond acceptors (Lipinski definition) is 8. The highest BCUT2D eigenvalue weighted by molar-refractivity contribution is 6.29. The number of aliphatic imine (C=N–C) groups is 2. The summed E-state index contributed by atoms with van der Waals surface area (Å²) >= 11 is 0. The number of fused-ring (bicyclic) bond motifs is 2. The average molecular weight is 709 g/mol.